The first kappa shape index (κ1) is 18.3. The van der Waals surface area contributed by atoms with Crippen LogP contribution in [-0.2, 0) is 10.0 Å². The maximum Gasteiger partial charge on any atom is 0.251 e. The molecule has 0 spiro atoms. The molecule has 1 aromatic carbocycles. The van der Waals surface area contributed by atoms with Gasteiger partial charge in [-0.05, 0) is 45.3 Å². The summed E-state index contributed by atoms with van der Waals surface area (Å²) < 4.78 is 26.9. The lowest BCUT2D eigenvalue weighted by Crippen LogP contribution is -2.28. The third-order valence-electron chi connectivity index (χ3n) is 2.89. The number of rotatable bonds is 9. The van der Waals surface area contributed by atoms with E-state index in [0.29, 0.717) is 25.1 Å². The highest BCUT2D eigenvalue weighted by molar-refractivity contribution is 7.89. The van der Waals surface area contributed by atoms with Crippen LogP contribution in [0.2, 0.25) is 0 Å². The molecule has 0 heterocycles. The summed E-state index contributed by atoms with van der Waals surface area (Å²) in [6.07, 6.45) is 2.27. The minimum Gasteiger partial charge on any atom is -0.349 e. The summed E-state index contributed by atoms with van der Waals surface area (Å²) >= 11 is 0. The van der Waals surface area contributed by atoms with E-state index in [9.17, 15) is 13.2 Å². The Bertz CT molecular complexity index is 612. The molecule has 1 amide bonds. The van der Waals surface area contributed by atoms with Gasteiger partial charge in [0.05, 0.1) is 4.90 Å². The maximum atomic E-state index is 12.2. The molecule has 0 aromatic heterocycles. The Morgan fingerprint density at radius 3 is 2.73 bits per heavy atom. The molecule has 22 heavy (non-hydrogen) atoms. The molecule has 0 aliphatic carbocycles. The second-order valence-corrected chi connectivity index (χ2v) is 6.85. The maximum absolute atomic E-state index is 12.2. The summed E-state index contributed by atoms with van der Waals surface area (Å²) in [7, 11) is 0.257. The van der Waals surface area contributed by atoms with Crippen LogP contribution in [0.3, 0.4) is 0 Å². The van der Waals surface area contributed by atoms with E-state index < -0.39 is 10.0 Å². The van der Waals surface area contributed by atoms with Crippen LogP contribution in [0.15, 0.2) is 41.8 Å². The number of nitrogens with zero attached hydrogens (tertiary/aromatic N) is 1. The van der Waals surface area contributed by atoms with Gasteiger partial charge in [0.1, 0.15) is 0 Å². The van der Waals surface area contributed by atoms with E-state index >= 15 is 0 Å². The SMILES string of the molecule is C=CCNC(=O)c1cccc(S(=O)(=O)NCCCN(C)C)c1. The Morgan fingerprint density at radius 1 is 1.36 bits per heavy atom. The molecule has 0 aliphatic rings. The van der Waals surface area contributed by atoms with E-state index in [1.807, 2.05) is 19.0 Å². The van der Waals surface area contributed by atoms with Gasteiger partial charge in [0.15, 0.2) is 0 Å². The number of amides is 1. The number of benzene rings is 1. The zero-order valence-electron chi connectivity index (χ0n) is 13.0. The topological polar surface area (TPSA) is 78.5 Å². The lowest BCUT2D eigenvalue weighted by atomic mass is 10.2. The molecular formula is C15H23N3O3S. The van der Waals surface area contributed by atoms with Gasteiger partial charge in [-0.15, -0.1) is 6.58 Å². The summed E-state index contributed by atoms with van der Waals surface area (Å²) in [5, 5.41) is 2.61. The van der Waals surface area contributed by atoms with Gasteiger partial charge >= 0.3 is 0 Å². The Morgan fingerprint density at radius 2 is 2.09 bits per heavy atom. The first-order chi connectivity index (χ1) is 10.4. The van der Waals surface area contributed by atoms with Gasteiger partial charge in [-0.2, -0.15) is 0 Å². The van der Waals surface area contributed by atoms with Crippen LogP contribution in [-0.4, -0.2) is 53.0 Å². The minimum atomic E-state index is -3.60. The Kier molecular flexibility index (Phi) is 7.23. The molecule has 0 saturated heterocycles. The van der Waals surface area contributed by atoms with Crippen LogP contribution < -0.4 is 10.0 Å². The summed E-state index contributed by atoms with van der Waals surface area (Å²) in [5.74, 6) is -0.329. The zero-order chi connectivity index (χ0) is 16.6. The van der Waals surface area contributed by atoms with Crippen molar-refractivity contribution in [2.45, 2.75) is 11.3 Å². The van der Waals surface area contributed by atoms with Crippen molar-refractivity contribution in [2.75, 3.05) is 33.7 Å². The number of sulfonamides is 1. The Labute approximate surface area is 132 Å². The highest BCUT2D eigenvalue weighted by atomic mass is 32.2. The number of nitrogens with one attached hydrogen (secondary N) is 2. The molecule has 1 aromatic rings. The van der Waals surface area contributed by atoms with Crippen LogP contribution >= 0.6 is 0 Å². The Hall–Kier alpha value is -1.70. The van der Waals surface area contributed by atoms with Crippen molar-refractivity contribution in [3.8, 4) is 0 Å². The van der Waals surface area contributed by atoms with Crippen LogP contribution in [0.25, 0.3) is 0 Å². The van der Waals surface area contributed by atoms with Gasteiger partial charge in [0.25, 0.3) is 5.91 Å². The third kappa shape index (κ3) is 5.97. The number of carbonyl (C=O) groups is 1. The largest absolute Gasteiger partial charge is 0.349 e. The lowest BCUT2D eigenvalue weighted by Gasteiger charge is -2.11. The predicted octanol–water partition coefficient (Wildman–Crippen LogP) is 0.832. The van der Waals surface area contributed by atoms with E-state index in [0.717, 1.165) is 6.54 Å². The molecule has 0 atom stereocenters. The van der Waals surface area contributed by atoms with Crippen molar-refractivity contribution in [2.24, 2.45) is 0 Å². The first-order valence-corrected chi connectivity index (χ1v) is 8.48. The molecule has 0 unspecified atom stereocenters. The van der Waals surface area contributed by atoms with Crippen molar-refractivity contribution < 1.29 is 13.2 Å². The molecule has 0 fully saturated rings. The number of hydrogen-bond acceptors (Lipinski definition) is 4. The highest BCUT2D eigenvalue weighted by Crippen LogP contribution is 2.11. The van der Waals surface area contributed by atoms with Gasteiger partial charge in [0.2, 0.25) is 10.0 Å². The first-order valence-electron chi connectivity index (χ1n) is 7.00. The van der Waals surface area contributed by atoms with Crippen LogP contribution in [0.1, 0.15) is 16.8 Å². The number of hydrogen-bond donors (Lipinski definition) is 2. The minimum absolute atomic E-state index is 0.0867. The van der Waals surface area contributed by atoms with Gasteiger partial charge in [0, 0.05) is 18.7 Å². The molecule has 122 valence electrons. The van der Waals surface area contributed by atoms with Crippen LogP contribution in [0.4, 0.5) is 0 Å². The fourth-order valence-electron chi connectivity index (χ4n) is 1.76. The fraction of sp³-hybridized carbons (Fsp3) is 0.400. The predicted molar refractivity (Wildman–Crippen MR) is 87.3 cm³/mol. The number of carbonyl (C=O) groups excluding carboxylic acids is 1. The summed E-state index contributed by atoms with van der Waals surface area (Å²) in [4.78, 5) is 13.9. The van der Waals surface area contributed by atoms with E-state index in [1.54, 1.807) is 18.2 Å². The van der Waals surface area contributed by atoms with Gasteiger partial charge < -0.3 is 10.2 Å². The van der Waals surface area contributed by atoms with Crippen molar-refractivity contribution >= 4 is 15.9 Å². The molecule has 0 bridgehead atoms. The molecule has 2 N–H and O–H groups in total. The molecule has 0 radical (unpaired) electrons. The van der Waals surface area contributed by atoms with Crippen LogP contribution in [0, 0.1) is 0 Å². The lowest BCUT2D eigenvalue weighted by molar-refractivity contribution is 0.0958. The van der Waals surface area contributed by atoms with Crippen molar-refractivity contribution in [1.82, 2.24) is 14.9 Å². The zero-order valence-corrected chi connectivity index (χ0v) is 13.8. The van der Waals surface area contributed by atoms with Crippen molar-refractivity contribution in [3.63, 3.8) is 0 Å². The summed E-state index contributed by atoms with van der Waals surface area (Å²) in [6, 6.07) is 5.96. The summed E-state index contributed by atoms with van der Waals surface area (Å²) in [6.45, 7) is 5.00. The fourth-order valence-corrected chi connectivity index (χ4v) is 2.88. The highest BCUT2D eigenvalue weighted by Gasteiger charge is 2.15. The molecule has 7 heteroatoms. The molecule has 6 nitrogen and oxygen atoms in total. The van der Waals surface area contributed by atoms with Gasteiger partial charge in [-0.1, -0.05) is 12.1 Å². The van der Waals surface area contributed by atoms with Crippen molar-refractivity contribution in [1.29, 1.82) is 0 Å². The van der Waals surface area contributed by atoms with E-state index in [4.69, 9.17) is 0 Å². The monoisotopic (exact) mass is 325 g/mol. The molecular weight excluding hydrogens is 302 g/mol. The molecule has 0 saturated carbocycles. The standard InChI is InChI=1S/C15H23N3O3S/c1-4-9-16-15(19)13-7-5-8-14(12-13)22(20,21)17-10-6-11-18(2)3/h4-5,7-8,12,17H,1,6,9-11H2,2-3H3,(H,16,19). The Balaban J connectivity index is 2.74. The average molecular weight is 325 g/mol. The molecule has 0 aliphatic heterocycles. The van der Waals surface area contributed by atoms with E-state index in [2.05, 4.69) is 16.6 Å². The van der Waals surface area contributed by atoms with Gasteiger partial charge in [-0.25, -0.2) is 13.1 Å². The third-order valence-corrected chi connectivity index (χ3v) is 4.35. The average Bonchev–Trinajstić information content (AvgIpc) is 2.49. The van der Waals surface area contributed by atoms with E-state index in [-0.39, 0.29) is 10.8 Å². The normalized spacial score (nSPS) is 11.4. The van der Waals surface area contributed by atoms with Crippen LogP contribution in [0.5, 0.6) is 0 Å². The van der Waals surface area contributed by atoms with Crippen molar-refractivity contribution in [3.05, 3.63) is 42.5 Å². The quantitative estimate of drug-likeness (QED) is 0.521. The smallest absolute Gasteiger partial charge is 0.251 e. The van der Waals surface area contributed by atoms with E-state index in [1.165, 1.54) is 12.1 Å². The molecule has 1 rings (SSSR count). The second kappa shape index (κ2) is 8.67. The second-order valence-electron chi connectivity index (χ2n) is 5.08. The van der Waals surface area contributed by atoms with Gasteiger partial charge in [-0.3, -0.25) is 4.79 Å². The summed E-state index contributed by atoms with van der Waals surface area (Å²) in [5.41, 5.74) is 0.304.